The molecule has 168 valence electrons. The van der Waals surface area contributed by atoms with Crippen LogP contribution in [0.4, 0.5) is 10.5 Å². The number of nitrogens with zero attached hydrogens (tertiary/aromatic N) is 2. The summed E-state index contributed by atoms with van der Waals surface area (Å²) in [6.45, 7) is 7.82. The first-order valence-electron chi connectivity index (χ1n) is 10.6. The molecule has 0 saturated carbocycles. The lowest BCUT2D eigenvalue weighted by Gasteiger charge is -2.12. The van der Waals surface area contributed by atoms with Crippen LogP contribution in [0.5, 0.6) is 0 Å². The maximum Gasteiger partial charge on any atom is 0.294 e. The molecule has 0 spiro atoms. The molecule has 0 unspecified atom stereocenters. The van der Waals surface area contributed by atoms with Crippen molar-refractivity contribution in [3.05, 3.63) is 87.6 Å². The third-order valence-electron chi connectivity index (χ3n) is 5.45. The van der Waals surface area contributed by atoms with Crippen molar-refractivity contribution in [3.8, 4) is 5.69 Å². The third kappa shape index (κ3) is 4.78. The molecule has 0 radical (unpaired) electrons. The fraction of sp³-hybridized carbons (Fsp3) is 0.192. The van der Waals surface area contributed by atoms with Gasteiger partial charge in [-0.3, -0.25) is 19.3 Å². The Balaban J connectivity index is 1.56. The van der Waals surface area contributed by atoms with E-state index in [1.807, 2.05) is 26.0 Å². The second kappa shape index (κ2) is 9.11. The number of anilines is 1. The molecule has 1 fully saturated rings. The van der Waals surface area contributed by atoms with Gasteiger partial charge >= 0.3 is 0 Å². The highest BCUT2D eigenvalue weighted by Crippen LogP contribution is 2.34. The second-order valence-corrected chi connectivity index (χ2v) is 9.18. The second-order valence-electron chi connectivity index (χ2n) is 8.19. The number of nitrogens with one attached hydrogen (secondary N) is 1. The van der Waals surface area contributed by atoms with Crippen LogP contribution in [0.3, 0.4) is 0 Å². The summed E-state index contributed by atoms with van der Waals surface area (Å²) < 4.78 is 2.14. The van der Waals surface area contributed by atoms with Gasteiger partial charge in [0.25, 0.3) is 11.1 Å². The van der Waals surface area contributed by atoms with Gasteiger partial charge in [0, 0.05) is 22.8 Å². The van der Waals surface area contributed by atoms with E-state index >= 15 is 0 Å². The fourth-order valence-electron chi connectivity index (χ4n) is 4.05. The molecule has 3 amide bonds. The highest BCUT2D eigenvalue weighted by molar-refractivity contribution is 8.18. The topological polar surface area (TPSA) is 71.4 Å². The summed E-state index contributed by atoms with van der Waals surface area (Å²) in [6.07, 6.45) is 1.74. The predicted molar refractivity (Wildman–Crippen MR) is 132 cm³/mol. The molecule has 7 heteroatoms. The number of imide groups is 1. The minimum atomic E-state index is -0.454. The Morgan fingerprint density at radius 3 is 2.30 bits per heavy atom. The average molecular weight is 460 g/mol. The lowest BCUT2D eigenvalue weighted by atomic mass is 10.1. The lowest BCUT2D eigenvalue weighted by Crippen LogP contribution is -2.36. The van der Waals surface area contributed by atoms with Gasteiger partial charge in [-0.1, -0.05) is 24.3 Å². The van der Waals surface area contributed by atoms with E-state index in [0.717, 1.165) is 39.3 Å². The van der Waals surface area contributed by atoms with Crippen molar-refractivity contribution in [1.29, 1.82) is 0 Å². The summed E-state index contributed by atoms with van der Waals surface area (Å²) in [7, 11) is 0. The molecule has 2 heterocycles. The third-order valence-corrected chi connectivity index (χ3v) is 6.36. The molecule has 1 aromatic heterocycles. The van der Waals surface area contributed by atoms with Gasteiger partial charge in [-0.15, -0.1) is 0 Å². The van der Waals surface area contributed by atoms with Crippen LogP contribution in [-0.4, -0.2) is 33.1 Å². The number of benzene rings is 2. The van der Waals surface area contributed by atoms with E-state index in [-0.39, 0.29) is 6.54 Å². The van der Waals surface area contributed by atoms with Crippen molar-refractivity contribution in [3.63, 3.8) is 0 Å². The van der Waals surface area contributed by atoms with Crippen LogP contribution >= 0.6 is 11.8 Å². The van der Waals surface area contributed by atoms with Crippen LogP contribution in [0, 0.1) is 27.7 Å². The van der Waals surface area contributed by atoms with Crippen molar-refractivity contribution in [2.75, 3.05) is 11.9 Å². The molecule has 2 aromatic carbocycles. The van der Waals surface area contributed by atoms with Gasteiger partial charge in [0.2, 0.25) is 5.91 Å². The Kier molecular flexibility index (Phi) is 6.24. The number of para-hydroxylation sites is 1. The Labute approximate surface area is 197 Å². The molecule has 0 bridgehead atoms. The monoisotopic (exact) mass is 459 g/mol. The number of amides is 3. The molecule has 0 aliphatic carbocycles. The van der Waals surface area contributed by atoms with Gasteiger partial charge in [-0.25, -0.2) is 0 Å². The van der Waals surface area contributed by atoms with E-state index in [4.69, 9.17) is 0 Å². The van der Waals surface area contributed by atoms with Crippen LogP contribution in [0.25, 0.3) is 11.8 Å². The molecule has 4 rings (SSSR count). The van der Waals surface area contributed by atoms with Crippen LogP contribution in [0.15, 0.2) is 59.5 Å². The maximum atomic E-state index is 12.9. The lowest BCUT2D eigenvalue weighted by molar-refractivity contribution is -0.127. The largest absolute Gasteiger partial charge is 0.325 e. The van der Waals surface area contributed by atoms with Gasteiger partial charge in [-0.2, -0.15) is 0 Å². The van der Waals surface area contributed by atoms with Crippen LogP contribution in [-0.2, 0) is 9.59 Å². The molecule has 1 saturated heterocycles. The number of rotatable bonds is 5. The van der Waals surface area contributed by atoms with E-state index in [1.165, 1.54) is 11.1 Å². The number of hydrogen-bond donors (Lipinski definition) is 1. The zero-order valence-electron chi connectivity index (χ0n) is 19.0. The fourth-order valence-corrected chi connectivity index (χ4v) is 4.88. The molecule has 3 aromatic rings. The molecular formula is C26H25N3O3S. The smallest absolute Gasteiger partial charge is 0.294 e. The molecule has 33 heavy (non-hydrogen) atoms. The first-order valence-corrected chi connectivity index (χ1v) is 11.4. The van der Waals surface area contributed by atoms with Crippen LogP contribution in [0.2, 0.25) is 0 Å². The zero-order valence-corrected chi connectivity index (χ0v) is 19.8. The molecule has 1 N–H and O–H groups in total. The number of carbonyl (C=O) groups is 3. The highest BCUT2D eigenvalue weighted by Gasteiger charge is 2.36. The normalized spacial score (nSPS) is 14.9. The average Bonchev–Trinajstić information content (AvgIpc) is 3.17. The molecule has 6 nitrogen and oxygen atoms in total. The van der Waals surface area contributed by atoms with Gasteiger partial charge < -0.3 is 9.88 Å². The minimum absolute atomic E-state index is 0.313. The van der Waals surface area contributed by atoms with Crippen LogP contribution in [0.1, 0.15) is 28.1 Å². The predicted octanol–water partition coefficient (Wildman–Crippen LogP) is 5.39. The van der Waals surface area contributed by atoms with E-state index in [9.17, 15) is 14.4 Å². The van der Waals surface area contributed by atoms with E-state index in [2.05, 4.69) is 41.9 Å². The first kappa shape index (κ1) is 22.6. The quantitative estimate of drug-likeness (QED) is 0.520. The van der Waals surface area contributed by atoms with Gasteiger partial charge in [-0.05, 0) is 92.6 Å². The van der Waals surface area contributed by atoms with Crippen molar-refractivity contribution < 1.29 is 14.4 Å². The first-order chi connectivity index (χ1) is 15.7. The van der Waals surface area contributed by atoms with Gasteiger partial charge in [0.15, 0.2) is 0 Å². The molecule has 1 aliphatic heterocycles. The summed E-state index contributed by atoms with van der Waals surface area (Å²) in [6, 6.07) is 17.3. The van der Waals surface area contributed by atoms with Crippen LogP contribution < -0.4 is 5.32 Å². The van der Waals surface area contributed by atoms with Gasteiger partial charge in [0.1, 0.15) is 6.54 Å². The standard InChI is InChI=1S/C26H25N3O3S/c1-16-10-17(2)12-22(11-16)29-18(3)13-20(19(29)4)14-23-25(31)28(26(32)33-23)15-24(30)27-21-8-6-5-7-9-21/h5-14H,15H2,1-4H3,(H,27,30)/b23-14-. The number of hydrogen-bond acceptors (Lipinski definition) is 4. The highest BCUT2D eigenvalue weighted by atomic mass is 32.2. The Bertz CT molecular complexity index is 1270. The van der Waals surface area contributed by atoms with E-state index in [1.54, 1.807) is 30.3 Å². The minimum Gasteiger partial charge on any atom is -0.325 e. The molecule has 1 aliphatic rings. The Morgan fingerprint density at radius 1 is 0.970 bits per heavy atom. The van der Waals surface area contributed by atoms with E-state index in [0.29, 0.717) is 10.6 Å². The van der Waals surface area contributed by atoms with Gasteiger partial charge in [0.05, 0.1) is 4.91 Å². The molecular weight excluding hydrogens is 434 g/mol. The Morgan fingerprint density at radius 2 is 1.64 bits per heavy atom. The van der Waals surface area contributed by atoms with Crippen molar-refractivity contribution in [2.24, 2.45) is 0 Å². The summed E-state index contributed by atoms with van der Waals surface area (Å²) >= 11 is 0.859. The summed E-state index contributed by atoms with van der Waals surface area (Å²) in [5.74, 6) is -0.873. The van der Waals surface area contributed by atoms with Crippen molar-refractivity contribution >= 4 is 40.6 Å². The molecule has 0 atom stereocenters. The van der Waals surface area contributed by atoms with Crippen molar-refractivity contribution in [1.82, 2.24) is 9.47 Å². The maximum absolute atomic E-state index is 12.9. The summed E-state index contributed by atoms with van der Waals surface area (Å²) in [5, 5.41) is 2.26. The SMILES string of the molecule is Cc1cc(C)cc(-n2c(C)cc(/C=C3\SC(=O)N(CC(=O)Nc4ccccc4)C3=O)c2C)c1. The number of carbonyl (C=O) groups excluding carboxylic acids is 3. The Hall–Kier alpha value is -3.58. The van der Waals surface area contributed by atoms with E-state index < -0.39 is 17.1 Å². The van der Waals surface area contributed by atoms with Crippen molar-refractivity contribution in [2.45, 2.75) is 27.7 Å². The summed E-state index contributed by atoms with van der Waals surface area (Å²) in [5.41, 5.74) is 6.90. The number of aryl methyl sites for hydroxylation is 3. The zero-order chi connectivity index (χ0) is 23.7. The number of aromatic nitrogens is 1. The number of thioether (sulfide) groups is 1. The summed E-state index contributed by atoms with van der Waals surface area (Å²) in [4.78, 5) is 39.0.